The number of amides is 2. The average molecular weight is 519 g/mol. The number of hydrogen-bond donors (Lipinski definition) is 1. The van der Waals surface area contributed by atoms with E-state index in [2.05, 4.69) is 0 Å². The summed E-state index contributed by atoms with van der Waals surface area (Å²) in [6, 6.07) is 12.0. The van der Waals surface area contributed by atoms with Crippen LogP contribution in [0.15, 0.2) is 48.0 Å². The zero-order valence-corrected chi connectivity index (χ0v) is 21.3. The van der Waals surface area contributed by atoms with E-state index in [1.165, 1.54) is 4.90 Å². The number of unbranched alkanes of at least 4 members (excludes halogenated alkanes) is 1. The average Bonchev–Trinajstić information content (AvgIpc) is 3.60. The SMILES string of the molecule is CCCCN1C(=O)[C@]2(C(=C(O)c3ccc4c(c3)OCCO4)C(=O)C(=O)N2C[C@@H]2CCCO2)c2ccccc21. The maximum atomic E-state index is 14.5. The second-order valence-electron chi connectivity index (χ2n) is 10.00. The fourth-order valence-corrected chi connectivity index (χ4v) is 5.98. The van der Waals surface area contributed by atoms with Gasteiger partial charge in [-0.05, 0) is 43.5 Å². The summed E-state index contributed by atoms with van der Waals surface area (Å²) < 4.78 is 17.1. The first-order valence-electron chi connectivity index (χ1n) is 13.2. The molecule has 9 heteroatoms. The fourth-order valence-electron chi connectivity index (χ4n) is 5.98. The van der Waals surface area contributed by atoms with Gasteiger partial charge in [0.25, 0.3) is 17.6 Å². The van der Waals surface area contributed by atoms with Crippen LogP contribution >= 0.6 is 0 Å². The van der Waals surface area contributed by atoms with Crippen molar-refractivity contribution in [3.63, 3.8) is 0 Å². The highest BCUT2D eigenvalue weighted by atomic mass is 16.6. The second kappa shape index (κ2) is 9.47. The topological polar surface area (TPSA) is 106 Å². The molecule has 2 saturated heterocycles. The highest BCUT2D eigenvalue weighted by Crippen LogP contribution is 2.54. The number of carbonyl (C=O) groups is 3. The first-order chi connectivity index (χ1) is 18.5. The summed E-state index contributed by atoms with van der Waals surface area (Å²) in [4.78, 5) is 44.9. The smallest absolute Gasteiger partial charge is 0.296 e. The molecule has 2 fully saturated rings. The van der Waals surface area contributed by atoms with Crippen molar-refractivity contribution in [3.05, 3.63) is 59.2 Å². The molecule has 1 spiro atoms. The van der Waals surface area contributed by atoms with E-state index in [0.29, 0.717) is 49.1 Å². The molecule has 38 heavy (non-hydrogen) atoms. The summed E-state index contributed by atoms with van der Waals surface area (Å²) in [7, 11) is 0. The van der Waals surface area contributed by atoms with Crippen LogP contribution in [0.3, 0.4) is 0 Å². The number of Topliss-reactive ketones (excluding diaryl/α,β-unsaturated/α-hetero) is 1. The number of ether oxygens (including phenoxy) is 3. The second-order valence-corrected chi connectivity index (χ2v) is 10.00. The Morgan fingerprint density at radius 2 is 1.84 bits per heavy atom. The summed E-state index contributed by atoms with van der Waals surface area (Å²) in [6.45, 7) is 3.86. The van der Waals surface area contributed by atoms with Gasteiger partial charge in [-0.3, -0.25) is 14.4 Å². The van der Waals surface area contributed by atoms with Crippen LogP contribution in [-0.4, -0.2) is 66.6 Å². The molecule has 2 atom stereocenters. The minimum absolute atomic E-state index is 0.0736. The normalized spacial score (nSPS) is 25.5. The first-order valence-corrected chi connectivity index (χ1v) is 13.2. The van der Waals surface area contributed by atoms with Crippen molar-refractivity contribution >= 4 is 29.0 Å². The third-order valence-electron chi connectivity index (χ3n) is 7.77. The van der Waals surface area contributed by atoms with Gasteiger partial charge in [0.05, 0.1) is 17.4 Å². The van der Waals surface area contributed by atoms with Gasteiger partial charge in [-0.2, -0.15) is 0 Å². The summed E-state index contributed by atoms with van der Waals surface area (Å²) in [6.07, 6.45) is 2.87. The Hall–Kier alpha value is -3.85. The van der Waals surface area contributed by atoms with Gasteiger partial charge < -0.3 is 29.1 Å². The van der Waals surface area contributed by atoms with Gasteiger partial charge >= 0.3 is 0 Å². The molecule has 0 saturated carbocycles. The lowest BCUT2D eigenvalue weighted by molar-refractivity contribution is -0.145. The van der Waals surface area contributed by atoms with Crippen LogP contribution < -0.4 is 14.4 Å². The molecular formula is C29H30N2O7. The Bertz CT molecular complexity index is 1350. The molecule has 4 heterocycles. The highest BCUT2D eigenvalue weighted by Gasteiger charge is 2.67. The fraction of sp³-hybridized carbons (Fsp3) is 0.414. The molecule has 2 aromatic rings. The summed E-state index contributed by atoms with van der Waals surface area (Å²) in [5.41, 5.74) is -0.604. The van der Waals surface area contributed by atoms with E-state index in [4.69, 9.17) is 14.2 Å². The van der Waals surface area contributed by atoms with Crippen molar-refractivity contribution in [2.45, 2.75) is 44.2 Å². The number of anilines is 1. The number of nitrogens with zero attached hydrogens (tertiary/aromatic N) is 2. The maximum Gasteiger partial charge on any atom is 0.296 e. The van der Waals surface area contributed by atoms with Crippen LogP contribution in [-0.2, 0) is 24.7 Å². The van der Waals surface area contributed by atoms with Crippen LogP contribution in [0, 0.1) is 0 Å². The Morgan fingerprint density at radius 3 is 2.61 bits per heavy atom. The summed E-state index contributed by atoms with van der Waals surface area (Å²) in [5.74, 6) is -1.60. The Kier molecular flexibility index (Phi) is 6.10. The number of para-hydroxylation sites is 1. The molecule has 2 amide bonds. The molecule has 0 bridgehead atoms. The largest absolute Gasteiger partial charge is 0.507 e. The molecule has 2 aromatic carbocycles. The zero-order valence-electron chi connectivity index (χ0n) is 21.3. The molecule has 198 valence electrons. The Labute approximate surface area is 220 Å². The van der Waals surface area contributed by atoms with Crippen molar-refractivity contribution < 1.29 is 33.7 Å². The van der Waals surface area contributed by atoms with Crippen LogP contribution in [0.1, 0.15) is 43.7 Å². The number of carbonyl (C=O) groups excluding carboxylic acids is 3. The molecule has 0 unspecified atom stereocenters. The third kappa shape index (κ3) is 3.52. The van der Waals surface area contributed by atoms with Crippen molar-refractivity contribution in [2.75, 3.05) is 37.8 Å². The van der Waals surface area contributed by atoms with E-state index < -0.39 is 28.9 Å². The van der Waals surface area contributed by atoms with Crippen LogP contribution in [0.4, 0.5) is 5.69 Å². The van der Waals surface area contributed by atoms with E-state index in [0.717, 1.165) is 25.7 Å². The predicted molar refractivity (Wildman–Crippen MR) is 138 cm³/mol. The number of fused-ring (bicyclic) bond motifs is 3. The van der Waals surface area contributed by atoms with E-state index in [1.807, 2.05) is 19.1 Å². The van der Waals surface area contributed by atoms with Gasteiger partial charge in [0.1, 0.15) is 19.0 Å². The van der Waals surface area contributed by atoms with Gasteiger partial charge in [0, 0.05) is 30.8 Å². The van der Waals surface area contributed by atoms with Gasteiger partial charge in [-0.25, -0.2) is 0 Å². The van der Waals surface area contributed by atoms with Crippen molar-refractivity contribution in [2.24, 2.45) is 0 Å². The first kappa shape index (κ1) is 24.5. The minimum Gasteiger partial charge on any atom is -0.507 e. The number of likely N-dealkylation sites (tertiary alicyclic amines) is 1. The number of benzene rings is 2. The van der Waals surface area contributed by atoms with E-state index in [9.17, 15) is 19.5 Å². The third-order valence-corrected chi connectivity index (χ3v) is 7.77. The maximum absolute atomic E-state index is 14.5. The minimum atomic E-state index is -1.79. The molecule has 4 aliphatic heterocycles. The molecule has 0 aromatic heterocycles. The zero-order chi connectivity index (χ0) is 26.4. The van der Waals surface area contributed by atoms with Gasteiger partial charge in [-0.15, -0.1) is 0 Å². The highest BCUT2D eigenvalue weighted by molar-refractivity contribution is 6.50. The number of aliphatic hydroxyl groups is 1. The Morgan fingerprint density at radius 1 is 1.05 bits per heavy atom. The van der Waals surface area contributed by atoms with E-state index in [1.54, 1.807) is 35.2 Å². The lowest BCUT2D eigenvalue weighted by Gasteiger charge is -2.35. The van der Waals surface area contributed by atoms with Crippen molar-refractivity contribution in [1.82, 2.24) is 4.90 Å². The van der Waals surface area contributed by atoms with Gasteiger partial charge in [-0.1, -0.05) is 31.5 Å². The van der Waals surface area contributed by atoms with Crippen molar-refractivity contribution in [3.8, 4) is 11.5 Å². The molecular weight excluding hydrogens is 488 g/mol. The van der Waals surface area contributed by atoms with Gasteiger partial charge in [0.2, 0.25) is 0 Å². The molecule has 0 radical (unpaired) electrons. The van der Waals surface area contributed by atoms with Crippen LogP contribution in [0.5, 0.6) is 11.5 Å². The monoisotopic (exact) mass is 518 g/mol. The molecule has 6 rings (SSSR count). The Balaban J connectivity index is 1.58. The van der Waals surface area contributed by atoms with E-state index in [-0.39, 0.29) is 23.8 Å². The number of ketones is 1. The molecule has 9 nitrogen and oxygen atoms in total. The molecule has 0 aliphatic carbocycles. The number of aliphatic hydroxyl groups excluding tert-OH is 1. The van der Waals surface area contributed by atoms with Crippen molar-refractivity contribution in [1.29, 1.82) is 0 Å². The quantitative estimate of drug-likeness (QED) is 0.355. The van der Waals surface area contributed by atoms with E-state index >= 15 is 0 Å². The lowest BCUT2D eigenvalue weighted by atomic mass is 9.81. The number of hydrogen-bond acceptors (Lipinski definition) is 7. The van der Waals surface area contributed by atoms with Gasteiger partial charge in [0.15, 0.2) is 17.0 Å². The van der Waals surface area contributed by atoms with Crippen LogP contribution in [0.25, 0.3) is 5.76 Å². The van der Waals surface area contributed by atoms with Crippen LogP contribution in [0.2, 0.25) is 0 Å². The lowest BCUT2D eigenvalue weighted by Crippen LogP contribution is -2.54. The summed E-state index contributed by atoms with van der Waals surface area (Å²) >= 11 is 0. The number of rotatable bonds is 6. The standard InChI is InChI=1S/C29H30N2O7/c1-2-3-12-30-21-9-5-4-8-20(21)29(28(30)35)24(26(33)27(34)31(29)17-19-7-6-13-36-19)25(32)18-10-11-22-23(16-18)38-15-14-37-22/h4-5,8-11,16,19,32H,2-3,6-7,12-15,17H2,1H3/t19-,29+/m0/s1. The predicted octanol–water partition coefficient (Wildman–Crippen LogP) is 3.36. The molecule has 4 aliphatic rings. The molecule has 1 N–H and O–H groups in total. The summed E-state index contributed by atoms with van der Waals surface area (Å²) in [5, 5.41) is 11.7.